The number of unbranched alkanes of at least 4 members (excludes halogenated alkanes) is 1. The van der Waals surface area contributed by atoms with E-state index in [1.807, 2.05) is 18.5 Å². The normalized spacial score (nSPS) is 17.1. The second kappa shape index (κ2) is 14.6. The third-order valence-electron chi connectivity index (χ3n) is 2.94. The van der Waals surface area contributed by atoms with E-state index in [9.17, 15) is 0 Å². The van der Waals surface area contributed by atoms with Crippen LogP contribution in [0.1, 0.15) is 51.6 Å². The molecule has 0 saturated carbocycles. The minimum absolute atomic E-state index is 0. The zero-order valence-electron chi connectivity index (χ0n) is 12.1. The first-order valence-corrected chi connectivity index (χ1v) is 6.19. The molecular formula is C16H30N2Y-2. The maximum Gasteiger partial charge on any atom is 0.0360 e. The molecule has 19 heavy (non-hydrogen) atoms. The van der Waals surface area contributed by atoms with E-state index < -0.39 is 0 Å². The Morgan fingerprint density at radius 3 is 2.47 bits per heavy atom. The van der Waals surface area contributed by atoms with Crippen LogP contribution in [-0.2, 0) is 32.7 Å². The molecule has 1 radical (unpaired) electrons. The van der Waals surface area contributed by atoms with Crippen LogP contribution in [0.15, 0.2) is 24.5 Å². The van der Waals surface area contributed by atoms with Gasteiger partial charge in [0.1, 0.15) is 0 Å². The van der Waals surface area contributed by atoms with E-state index in [1.165, 1.54) is 31.4 Å². The van der Waals surface area contributed by atoms with Gasteiger partial charge in [-0.05, 0) is 38.1 Å². The van der Waals surface area contributed by atoms with Gasteiger partial charge < -0.3 is 14.4 Å². The zero-order valence-corrected chi connectivity index (χ0v) is 14.9. The maximum absolute atomic E-state index is 4.14. The molecule has 1 aliphatic heterocycles. The first-order valence-electron chi connectivity index (χ1n) is 6.19. The Morgan fingerprint density at radius 1 is 1.47 bits per heavy atom. The maximum atomic E-state index is 4.14. The van der Waals surface area contributed by atoms with Gasteiger partial charge in [0, 0.05) is 51.1 Å². The summed E-state index contributed by atoms with van der Waals surface area (Å²) in [7, 11) is 2.19. The number of aromatic nitrogens is 1. The van der Waals surface area contributed by atoms with Gasteiger partial charge in [-0.15, -0.1) is 0 Å². The molecule has 0 unspecified atom stereocenters. The summed E-state index contributed by atoms with van der Waals surface area (Å²) in [6.07, 6.45) is 8.68. The van der Waals surface area contributed by atoms with Crippen molar-refractivity contribution in [2.75, 3.05) is 13.6 Å². The summed E-state index contributed by atoms with van der Waals surface area (Å²) in [5.41, 5.74) is 1.36. The van der Waals surface area contributed by atoms with Crippen molar-refractivity contribution in [2.24, 2.45) is 0 Å². The summed E-state index contributed by atoms with van der Waals surface area (Å²) >= 11 is 0. The van der Waals surface area contributed by atoms with Crippen LogP contribution in [0.3, 0.4) is 0 Å². The molecule has 2 nitrogen and oxygen atoms in total. The topological polar surface area (TPSA) is 16.1 Å². The van der Waals surface area contributed by atoms with Crippen LogP contribution in [0.2, 0.25) is 0 Å². The van der Waals surface area contributed by atoms with E-state index in [1.54, 1.807) is 0 Å². The van der Waals surface area contributed by atoms with Crippen LogP contribution in [0.5, 0.6) is 0 Å². The van der Waals surface area contributed by atoms with Crippen LogP contribution in [0.25, 0.3) is 0 Å². The van der Waals surface area contributed by atoms with Gasteiger partial charge in [-0.2, -0.15) is 6.42 Å². The number of rotatable bonds is 2. The number of pyridine rings is 1. The molecule has 109 valence electrons. The minimum atomic E-state index is 0. The van der Waals surface area contributed by atoms with E-state index in [2.05, 4.69) is 36.8 Å². The first kappa shape index (κ1) is 24.2. The molecule has 0 bridgehead atoms. The van der Waals surface area contributed by atoms with Gasteiger partial charge in [-0.1, -0.05) is 26.8 Å². The monoisotopic (exact) mass is 339 g/mol. The van der Waals surface area contributed by atoms with Crippen molar-refractivity contribution in [3.05, 3.63) is 44.4 Å². The largest absolute Gasteiger partial charge is 0.358 e. The zero-order chi connectivity index (χ0) is 11.8. The summed E-state index contributed by atoms with van der Waals surface area (Å²) in [5.74, 6) is 0. The van der Waals surface area contributed by atoms with Crippen molar-refractivity contribution in [1.29, 1.82) is 0 Å². The molecule has 1 aromatic rings. The number of nitrogens with zero attached hydrogens (tertiary/aromatic N) is 2. The number of hydrogen-bond donors (Lipinski definition) is 0. The van der Waals surface area contributed by atoms with Gasteiger partial charge >= 0.3 is 0 Å². The fraction of sp³-hybridized carbons (Fsp3) is 0.562. The summed E-state index contributed by atoms with van der Waals surface area (Å²) in [5, 5.41) is 0. The Hall–Kier alpha value is 0.214. The van der Waals surface area contributed by atoms with E-state index in [0.29, 0.717) is 6.04 Å². The third-order valence-corrected chi connectivity index (χ3v) is 2.94. The predicted molar refractivity (Wildman–Crippen MR) is 82.3 cm³/mol. The third kappa shape index (κ3) is 8.89. The van der Waals surface area contributed by atoms with E-state index in [0.717, 1.165) is 6.42 Å². The standard InChI is InChI=1S/C10H14N2.C4H9.CH4.CH3.Y/c1-12-7-3-5-10(12)9-4-2-6-11-8-9;1-3-4-2;;;/h2,4,6,8,10H,3,5,7H2,1H3;1,3-4H2,2H3;1H4;1H3;/q;-1;;-1;/t10-;;;;/m0..../s1. The molecule has 2 rings (SSSR count). The molecule has 1 aromatic heterocycles. The van der Waals surface area contributed by atoms with E-state index in [4.69, 9.17) is 0 Å². The Bertz CT molecular complexity index is 275. The van der Waals surface area contributed by atoms with Crippen LogP contribution < -0.4 is 0 Å². The fourth-order valence-electron chi connectivity index (χ4n) is 1.90. The molecule has 2 heterocycles. The van der Waals surface area contributed by atoms with Crippen LogP contribution in [0, 0.1) is 14.4 Å². The summed E-state index contributed by atoms with van der Waals surface area (Å²) in [6, 6.07) is 4.79. The van der Waals surface area contributed by atoms with Gasteiger partial charge in [0.15, 0.2) is 0 Å². The first-order chi connectivity index (χ1) is 7.79. The smallest absolute Gasteiger partial charge is 0.0360 e. The molecule has 3 heteroatoms. The van der Waals surface area contributed by atoms with Gasteiger partial charge in [-0.25, -0.2) is 0 Å². The van der Waals surface area contributed by atoms with Gasteiger partial charge in [-0.3, -0.25) is 9.88 Å². The van der Waals surface area contributed by atoms with Crippen molar-refractivity contribution in [3.8, 4) is 0 Å². The van der Waals surface area contributed by atoms with E-state index in [-0.39, 0.29) is 47.6 Å². The molecule has 0 amide bonds. The molecule has 1 aliphatic rings. The van der Waals surface area contributed by atoms with Crippen molar-refractivity contribution >= 4 is 0 Å². The number of hydrogen-bond acceptors (Lipinski definition) is 2. The molecule has 0 aromatic carbocycles. The predicted octanol–water partition coefficient (Wildman–Crippen LogP) is 4.55. The van der Waals surface area contributed by atoms with Crippen molar-refractivity contribution in [3.63, 3.8) is 0 Å². The molecule has 0 aliphatic carbocycles. The Kier molecular flexibility index (Phi) is 18.7. The van der Waals surface area contributed by atoms with Gasteiger partial charge in [0.2, 0.25) is 0 Å². The molecule has 0 N–H and O–H groups in total. The van der Waals surface area contributed by atoms with E-state index >= 15 is 0 Å². The van der Waals surface area contributed by atoms with Crippen molar-refractivity contribution in [2.45, 2.75) is 46.1 Å². The van der Waals surface area contributed by atoms with Crippen LogP contribution in [-0.4, -0.2) is 23.5 Å². The van der Waals surface area contributed by atoms with Gasteiger partial charge in [0.05, 0.1) is 0 Å². The van der Waals surface area contributed by atoms with Crippen LogP contribution in [0.4, 0.5) is 0 Å². The Morgan fingerprint density at radius 2 is 2.11 bits per heavy atom. The fourth-order valence-corrected chi connectivity index (χ4v) is 1.90. The average molecular weight is 339 g/mol. The Balaban J connectivity index is -0.000000329. The molecule has 0 spiro atoms. The molecule has 1 saturated heterocycles. The van der Waals surface area contributed by atoms with Crippen molar-refractivity contribution in [1.82, 2.24) is 9.88 Å². The minimum Gasteiger partial charge on any atom is -0.358 e. The average Bonchev–Trinajstić information content (AvgIpc) is 2.77. The quantitative estimate of drug-likeness (QED) is 0.735. The van der Waals surface area contributed by atoms with Gasteiger partial charge in [0.25, 0.3) is 0 Å². The summed E-state index contributed by atoms with van der Waals surface area (Å²) in [4.78, 5) is 6.54. The summed E-state index contributed by atoms with van der Waals surface area (Å²) < 4.78 is 0. The SMILES string of the molecule is C.CN1CCC[C@H]1c1cccnc1.[CH2-]CCC.[CH3-].[Y]. The second-order valence-corrected chi connectivity index (χ2v) is 4.28. The number of likely N-dealkylation sites (tertiary alicyclic amines) is 1. The molecular weight excluding hydrogens is 309 g/mol. The molecule has 1 atom stereocenters. The Labute approximate surface area is 146 Å². The van der Waals surface area contributed by atoms with Crippen molar-refractivity contribution < 1.29 is 32.7 Å². The second-order valence-electron chi connectivity index (χ2n) is 4.28. The van der Waals surface area contributed by atoms with Crippen LogP contribution >= 0.6 is 0 Å². The summed E-state index contributed by atoms with van der Waals surface area (Å²) in [6.45, 7) is 6.94. The molecule has 1 fully saturated rings.